The van der Waals surface area contributed by atoms with Gasteiger partial charge in [-0.05, 0) is 48.4 Å². The average Bonchev–Trinajstić information content (AvgIpc) is 2.36. The molecule has 0 bridgehead atoms. The van der Waals surface area contributed by atoms with E-state index in [0.717, 1.165) is 24.1 Å². The third kappa shape index (κ3) is 1.74. The van der Waals surface area contributed by atoms with Crippen molar-refractivity contribution in [3.63, 3.8) is 0 Å². The van der Waals surface area contributed by atoms with Crippen LogP contribution in [-0.4, -0.2) is 0 Å². The van der Waals surface area contributed by atoms with Crippen LogP contribution in [-0.2, 0) is 12.8 Å². The van der Waals surface area contributed by atoms with Gasteiger partial charge in [-0.2, -0.15) is 0 Å². The third-order valence-electron chi connectivity index (χ3n) is 3.79. The number of rotatable bonds is 0. The fourth-order valence-electron chi connectivity index (χ4n) is 2.82. The third-order valence-corrected chi connectivity index (χ3v) is 3.79. The molecule has 0 saturated carbocycles. The zero-order valence-electron chi connectivity index (χ0n) is 10.4. The maximum atomic E-state index is 6.21. The maximum absolute atomic E-state index is 6.21. The first kappa shape index (κ1) is 11.1. The van der Waals surface area contributed by atoms with Gasteiger partial charge in [0.05, 0.1) is 11.4 Å². The predicted molar refractivity (Wildman–Crippen MR) is 77.3 cm³/mol. The van der Waals surface area contributed by atoms with Crippen LogP contribution < -0.4 is 11.5 Å². The van der Waals surface area contributed by atoms with Crippen molar-refractivity contribution in [1.29, 1.82) is 0 Å². The molecule has 4 N–H and O–H groups in total. The minimum atomic E-state index is 0.684. The summed E-state index contributed by atoms with van der Waals surface area (Å²) in [5.41, 5.74) is 18.7. The normalized spacial score (nSPS) is 14.2. The van der Waals surface area contributed by atoms with Gasteiger partial charge in [-0.1, -0.05) is 30.3 Å². The van der Waals surface area contributed by atoms with Gasteiger partial charge in [-0.15, -0.1) is 0 Å². The summed E-state index contributed by atoms with van der Waals surface area (Å²) in [7, 11) is 0. The second kappa shape index (κ2) is 4.37. The molecule has 0 amide bonds. The van der Waals surface area contributed by atoms with E-state index in [1.807, 2.05) is 6.07 Å². The second-order valence-corrected chi connectivity index (χ2v) is 4.97. The SMILES string of the molecule is Nc1ccc2c(c1N)-c1ccccc1CCCC2. The molecule has 0 aliphatic heterocycles. The van der Waals surface area contributed by atoms with E-state index in [2.05, 4.69) is 30.3 Å². The molecule has 1 aliphatic rings. The summed E-state index contributed by atoms with van der Waals surface area (Å²) < 4.78 is 0. The second-order valence-electron chi connectivity index (χ2n) is 4.97. The summed E-state index contributed by atoms with van der Waals surface area (Å²) in [6.45, 7) is 0. The summed E-state index contributed by atoms with van der Waals surface area (Å²) in [5.74, 6) is 0. The molecular weight excluding hydrogens is 220 g/mol. The van der Waals surface area contributed by atoms with Gasteiger partial charge in [-0.3, -0.25) is 0 Å². The van der Waals surface area contributed by atoms with Gasteiger partial charge in [0.15, 0.2) is 0 Å². The largest absolute Gasteiger partial charge is 0.397 e. The van der Waals surface area contributed by atoms with E-state index in [1.165, 1.54) is 29.5 Å². The summed E-state index contributed by atoms with van der Waals surface area (Å²) in [5, 5.41) is 0. The van der Waals surface area contributed by atoms with E-state index >= 15 is 0 Å². The van der Waals surface area contributed by atoms with E-state index in [-0.39, 0.29) is 0 Å². The van der Waals surface area contributed by atoms with Gasteiger partial charge < -0.3 is 11.5 Å². The van der Waals surface area contributed by atoms with Crippen LogP contribution in [0.1, 0.15) is 24.0 Å². The van der Waals surface area contributed by atoms with Crippen LogP contribution in [0.15, 0.2) is 36.4 Å². The minimum Gasteiger partial charge on any atom is -0.397 e. The molecule has 18 heavy (non-hydrogen) atoms. The number of aryl methyl sites for hydroxylation is 2. The molecule has 2 aromatic carbocycles. The standard InChI is InChI=1S/C16H18N2/c17-14-10-9-12-7-2-1-5-11-6-3-4-8-13(11)15(12)16(14)18/h3-4,6,8-10H,1-2,5,7,17-18H2. The lowest BCUT2D eigenvalue weighted by molar-refractivity contribution is 0.730. The average molecular weight is 238 g/mol. The highest BCUT2D eigenvalue weighted by molar-refractivity contribution is 5.88. The lowest BCUT2D eigenvalue weighted by Gasteiger charge is -2.20. The highest BCUT2D eigenvalue weighted by Gasteiger charge is 2.16. The Hall–Kier alpha value is -1.96. The summed E-state index contributed by atoms with van der Waals surface area (Å²) in [4.78, 5) is 0. The van der Waals surface area contributed by atoms with Crippen LogP contribution >= 0.6 is 0 Å². The lowest BCUT2D eigenvalue weighted by atomic mass is 9.86. The van der Waals surface area contributed by atoms with Gasteiger partial charge >= 0.3 is 0 Å². The van der Waals surface area contributed by atoms with E-state index in [1.54, 1.807) is 0 Å². The minimum absolute atomic E-state index is 0.684. The molecule has 2 nitrogen and oxygen atoms in total. The Morgan fingerprint density at radius 1 is 0.778 bits per heavy atom. The fraction of sp³-hybridized carbons (Fsp3) is 0.250. The van der Waals surface area contributed by atoms with Crippen molar-refractivity contribution in [2.45, 2.75) is 25.7 Å². The molecule has 0 unspecified atom stereocenters. The monoisotopic (exact) mass is 238 g/mol. The van der Waals surface area contributed by atoms with Crippen molar-refractivity contribution in [3.8, 4) is 11.1 Å². The molecule has 2 heteroatoms. The number of hydrogen-bond donors (Lipinski definition) is 2. The van der Waals surface area contributed by atoms with Crippen molar-refractivity contribution in [1.82, 2.24) is 0 Å². The Morgan fingerprint density at radius 3 is 2.33 bits per heavy atom. The number of hydrogen-bond acceptors (Lipinski definition) is 2. The number of fused-ring (bicyclic) bond motifs is 3. The zero-order valence-corrected chi connectivity index (χ0v) is 10.4. The molecule has 0 fully saturated rings. The van der Waals surface area contributed by atoms with E-state index in [9.17, 15) is 0 Å². The van der Waals surface area contributed by atoms with Crippen LogP contribution in [0.3, 0.4) is 0 Å². The van der Waals surface area contributed by atoms with Crippen LogP contribution in [0.5, 0.6) is 0 Å². The van der Waals surface area contributed by atoms with Gasteiger partial charge in [-0.25, -0.2) is 0 Å². The molecular formula is C16H18N2. The van der Waals surface area contributed by atoms with Crippen molar-refractivity contribution in [2.75, 3.05) is 11.5 Å². The Balaban J connectivity index is 2.31. The highest BCUT2D eigenvalue weighted by atomic mass is 14.7. The Labute approximate surface area is 108 Å². The lowest BCUT2D eigenvalue weighted by Crippen LogP contribution is -2.05. The first-order valence-electron chi connectivity index (χ1n) is 6.52. The van der Waals surface area contributed by atoms with Crippen LogP contribution in [0.4, 0.5) is 11.4 Å². The quantitative estimate of drug-likeness (QED) is 0.691. The first-order chi connectivity index (χ1) is 8.77. The molecule has 0 saturated heterocycles. The summed E-state index contributed by atoms with van der Waals surface area (Å²) in [6, 6.07) is 12.6. The highest BCUT2D eigenvalue weighted by Crippen LogP contribution is 2.38. The number of nitrogens with two attached hydrogens (primary N) is 2. The fourth-order valence-corrected chi connectivity index (χ4v) is 2.82. The Kier molecular flexibility index (Phi) is 2.71. The van der Waals surface area contributed by atoms with Crippen molar-refractivity contribution < 1.29 is 0 Å². The molecule has 1 aliphatic carbocycles. The molecule has 2 aromatic rings. The van der Waals surface area contributed by atoms with Crippen LogP contribution in [0.25, 0.3) is 11.1 Å². The summed E-state index contributed by atoms with van der Waals surface area (Å²) in [6.07, 6.45) is 4.67. The maximum Gasteiger partial charge on any atom is 0.0630 e. The molecule has 92 valence electrons. The zero-order chi connectivity index (χ0) is 12.5. The predicted octanol–water partition coefficient (Wildman–Crippen LogP) is 3.40. The van der Waals surface area contributed by atoms with Crippen LogP contribution in [0.2, 0.25) is 0 Å². The topological polar surface area (TPSA) is 52.0 Å². The molecule has 3 rings (SSSR count). The molecule has 0 spiro atoms. The van der Waals surface area contributed by atoms with Crippen molar-refractivity contribution >= 4 is 11.4 Å². The number of nitrogen functional groups attached to an aromatic ring is 2. The van der Waals surface area contributed by atoms with Gasteiger partial charge in [0, 0.05) is 5.56 Å². The van der Waals surface area contributed by atoms with Gasteiger partial charge in [0.25, 0.3) is 0 Å². The molecule has 0 aromatic heterocycles. The molecule has 0 atom stereocenters. The number of benzene rings is 2. The van der Waals surface area contributed by atoms with Gasteiger partial charge in [0.1, 0.15) is 0 Å². The Morgan fingerprint density at radius 2 is 1.50 bits per heavy atom. The van der Waals surface area contributed by atoms with Crippen molar-refractivity contribution in [3.05, 3.63) is 47.5 Å². The summed E-state index contributed by atoms with van der Waals surface area (Å²) >= 11 is 0. The van der Waals surface area contributed by atoms with Gasteiger partial charge in [0.2, 0.25) is 0 Å². The van der Waals surface area contributed by atoms with E-state index in [0.29, 0.717) is 5.69 Å². The van der Waals surface area contributed by atoms with Crippen LogP contribution in [0, 0.1) is 0 Å². The van der Waals surface area contributed by atoms with E-state index < -0.39 is 0 Å². The number of anilines is 2. The smallest absolute Gasteiger partial charge is 0.0630 e. The first-order valence-corrected chi connectivity index (χ1v) is 6.52. The Bertz CT molecular complexity index is 588. The van der Waals surface area contributed by atoms with Crippen molar-refractivity contribution in [2.24, 2.45) is 0 Å². The molecule has 0 heterocycles. The van der Waals surface area contributed by atoms with E-state index in [4.69, 9.17) is 11.5 Å². The molecule has 0 radical (unpaired) electrons.